The van der Waals surface area contributed by atoms with Crippen LogP contribution in [0.5, 0.6) is 0 Å². The molecule has 0 fully saturated rings. The molecule has 1 aromatic rings. The molecule has 1 heterocycles. The molecule has 1 aliphatic rings. The van der Waals surface area contributed by atoms with E-state index in [0.29, 0.717) is 6.54 Å². The number of benzene rings is 1. The van der Waals surface area contributed by atoms with E-state index in [4.69, 9.17) is 5.21 Å². The Hall–Kier alpha value is -2.08. The zero-order valence-corrected chi connectivity index (χ0v) is 8.43. The number of hydrogen-bond acceptors (Lipinski definition) is 3. The van der Waals surface area contributed by atoms with Crippen LogP contribution >= 0.6 is 0 Å². The fourth-order valence-electron chi connectivity index (χ4n) is 1.59. The summed E-state index contributed by atoms with van der Waals surface area (Å²) in [6.45, 7) is 0.187. The molecule has 0 saturated carbocycles. The molecule has 0 saturated heterocycles. The Morgan fingerprint density at radius 1 is 1.50 bits per heavy atom. The van der Waals surface area contributed by atoms with Gasteiger partial charge in [0.25, 0.3) is 5.91 Å². The number of fused-ring (bicyclic) bond motifs is 1. The van der Waals surface area contributed by atoms with Crippen molar-refractivity contribution in [2.75, 3.05) is 11.9 Å². The maximum atomic E-state index is 11.6. The Kier molecular flexibility index (Phi) is 2.74. The Labute approximate surface area is 91.8 Å². The lowest BCUT2D eigenvalue weighted by Gasteiger charge is -2.28. The van der Waals surface area contributed by atoms with Gasteiger partial charge in [0.2, 0.25) is 0 Å². The quantitative estimate of drug-likeness (QED) is 0.503. The minimum Gasteiger partial charge on any atom is -0.311 e. The van der Waals surface area contributed by atoms with Gasteiger partial charge in [0.1, 0.15) is 6.54 Å². The molecule has 0 spiro atoms. The molecule has 1 aliphatic heterocycles. The molecule has 0 aliphatic carbocycles. The summed E-state index contributed by atoms with van der Waals surface area (Å²) in [7, 11) is 0. The number of anilines is 1. The summed E-state index contributed by atoms with van der Waals surface area (Å²) in [6.07, 6.45) is 0. The van der Waals surface area contributed by atoms with Gasteiger partial charge >= 0.3 is 6.03 Å². The van der Waals surface area contributed by atoms with Gasteiger partial charge in [-0.2, -0.15) is 0 Å². The zero-order chi connectivity index (χ0) is 11.5. The predicted octanol–water partition coefficient (Wildman–Crippen LogP) is 0.540. The first-order chi connectivity index (χ1) is 7.70. The van der Waals surface area contributed by atoms with Crippen molar-refractivity contribution in [3.63, 3.8) is 0 Å². The number of amides is 3. The van der Waals surface area contributed by atoms with Gasteiger partial charge in [-0.1, -0.05) is 18.2 Å². The third-order valence-electron chi connectivity index (χ3n) is 2.37. The Bertz CT molecular complexity index is 433. The first-order valence-corrected chi connectivity index (χ1v) is 4.77. The summed E-state index contributed by atoms with van der Waals surface area (Å²) in [5.41, 5.74) is 3.19. The van der Waals surface area contributed by atoms with Crippen LogP contribution in [0.25, 0.3) is 0 Å². The van der Waals surface area contributed by atoms with Crippen molar-refractivity contribution in [2.24, 2.45) is 0 Å². The van der Waals surface area contributed by atoms with Gasteiger partial charge in [0, 0.05) is 5.69 Å². The van der Waals surface area contributed by atoms with Crippen LogP contribution in [-0.2, 0) is 11.3 Å². The summed E-state index contributed by atoms with van der Waals surface area (Å²) in [5, 5.41) is 11.1. The van der Waals surface area contributed by atoms with Crippen molar-refractivity contribution in [3.8, 4) is 0 Å². The number of nitrogens with one attached hydrogen (secondary N) is 2. The molecule has 0 aromatic heterocycles. The fraction of sp³-hybridized carbons (Fsp3) is 0.200. The van der Waals surface area contributed by atoms with E-state index in [9.17, 15) is 9.59 Å². The van der Waals surface area contributed by atoms with Gasteiger partial charge in [-0.25, -0.2) is 10.3 Å². The minimum atomic E-state index is -0.616. The molecular formula is C10H11N3O3. The second-order valence-corrected chi connectivity index (χ2v) is 3.48. The van der Waals surface area contributed by atoms with Crippen molar-refractivity contribution in [1.29, 1.82) is 0 Å². The van der Waals surface area contributed by atoms with E-state index in [-0.39, 0.29) is 12.6 Å². The van der Waals surface area contributed by atoms with Crippen LogP contribution in [0.1, 0.15) is 5.56 Å². The lowest BCUT2D eigenvalue weighted by atomic mass is 10.1. The first-order valence-electron chi connectivity index (χ1n) is 4.77. The third kappa shape index (κ3) is 1.96. The van der Waals surface area contributed by atoms with Crippen molar-refractivity contribution >= 4 is 17.6 Å². The average Bonchev–Trinajstić information content (AvgIpc) is 2.30. The minimum absolute atomic E-state index is 0.170. The van der Waals surface area contributed by atoms with E-state index >= 15 is 0 Å². The summed E-state index contributed by atoms with van der Waals surface area (Å²) >= 11 is 0. The second kappa shape index (κ2) is 4.19. The summed E-state index contributed by atoms with van der Waals surface area (Å²) < 4.78 is 0. The number of para-hydroxylation sites is 1. The number of rotatable bonds is 2. The van der Waals surface area contributed by atoms with E-state index in [2.05, 4.69) is 5.32 Å². The van der Waals surface area contributed by atoms with Gasteiger partial charge in [-0.05, 0) is 11.6 Å². The molecular weight excluding hydrogens is 210 g/mol. The van der Waals surface area contributed by atoms with E-state index < -0.39 is 5.91 Å². The van der Waals surface area contributed by atoms with Crippen LogP contribution in [0.4, 0.5) is 10.5 Å². The standard InChI is InChI=1S/C10H11N3O3/c14-9(12-16)6-13-5-7-3-1-2-4-8(7)11-10(13)15/h1-4,16H,5-6H2,(H,11,15)(H,12,14). The number of hydrogen-bond donors (Lipinski definition) is 3. The number of nitrogens with zero attached hydrogens (tertiary/aromatic N) is 1. The lowest BCUT2D eigenvalue weighted by Crippen LogP contribution is -2.44. The number of hydroxylamine groups is 1. The van der Waals surface area contributed by atoms with Crippen molar-refractivity contribution in [2.45, 2.75) is 6.54 Å². The van der Waals surface area contributed by atoms with Crippen LogP contribution in [0.2, 0.25) is 0 Å². The van der Waals surface area contributed by atoms with Gasteiger partial charge in [-0.15, -0.1) is 0 Å². The van der Waals surface area contributed by atoms with Gasteiger partial charge in [-0.3, -0.25) is 10.0 Å². The Morgan fingerprint density at radius 3 is 3.00 bits per heavy atom. The predicted molar refractivity (Wildman–Crippen MR) is 55.8 cm³/mol. The van der Waals surface area contributed by atoms with Gasteiger partial charge in [0.05, 0.1) is 6.54 Å². The normalized spacial score (nSPS) is 14.1. The molecule has 84 valence electrons. The van der Waals surface area contributed by atoms with Gasteiger partial charge < -0.3 is 10.2 Å². The summed E-state index contributed by atoms with van der Waals surface area (Å²) in [4.78, 5) is 23.8. The molecule has 2 rings (SSSR count). The highest BCUT2D eigenvalue weighted by atomic mass is 16.5. The van der Waals surface area contributed by atoms with Crippen LogP contribution < -0.4 is 10.8 Å². The summed E-state index contributed by atoms with van der Waals surface area (Å²) in [6, 6.07) is 7.02. The van der Waals surface area contributed by atoms with E-state index in [1.165, 1.54) is 10.4 Å². The average molecular weight is 221 g/mol. The highest BCUT2D eigenvalue weighted by Crippen LogP contribution is 2.22. The molecule has 16 heavy (non-hydrogen) atoms. The monoisotopic (exact) mass is 221 g/mol. The maximum Gasteiger partial charge on any atom is 0.322 e. The van der Waals surface area contributed by atoms with Crippen LogP contribution in [0, 0.1) is 0 Å². The topological polar surface area (TPSA) is 81.7 Å². The van der Waals surface area contributed by atoms with E-state index in [1.54, 1.807) is 6.07 Å². The van der Waals surface area contributed by atoms with Crippen molar-refractivity contribution in [1.82, 2.24) is 10.4 Å². The largest absolute Gasteiger partial charge is 0.322 e. The van der Waals surface area contributed by atoms with Gasteiger partial charge in [0.15, 0.2) is 0 Å². The van der Waals surface area contributed by atoms with Crippen molar-refractivity contribution in [3.05, 3.63) is 29.8 Å². The van der Waals surface area contributed by atoms with Crippen LogP contribution in [0.3, 0.4) is 0 Å². The molecule has 3 amide bonds. The van der Waals surface area contributed by atoms with E-state index in [1.807, 2.05) is 18.2 Å². The van der Waals surface area contributed by atoms with Crippen molar-refractivity contribution < 1.29 is 14.8 Å². The molecule has 1 aromatic carbocycles. The molecule has 0 atom stereocenters. The lowest BCUT2D eigenvalue weighted by molar-refractivity contribution is -0.129. The second-order valence-electron chi connectivity index (χ2n) is 3.48. The molecule has 0 unspecified atom stereocenters. The number of urea groups is 1. The summed E-state index contributed by atoms with van der Waals surface area (Å²) in [5.74, 6) is -0.616. The third-order valence-corrected chi connectivity index (χ3v) is 2.37. The highest BCUT2D eigenvalue weighted by molar-refractivity contribution is 5.94. The Morgan fingerprint density at radius 2 is 2.25 bits per heavy atom. The first kappa shape index (κ1) is 10.4. The zero-order valence-electron chi connectivity index (χ0n) is 8.43. The van der Waals surface area contributed by atoms with Crippen LogP contribution in [-0.4, -0.2) is 28.6 Å². The molecule has 3 N–H and O–H groups in total. The number of carbonyl (C=O) groups excluding carboxylic acids is 2. The Balaban J connectivity index is 2.15. The van der Waals surface area contributed by atoms with E-state index in [0.717, 1.165) is 11.3 Å². The molecule has 6 heteroatoms. The maximum absolute atomic E-state index is 11.6. The smallest absolute Gasteiger partial charge is 0.311 e. The number of carbonyl (C=O) groups is 2. The SMILES string of the molecule is O=C(CN1Cc2ccccc2NC1=O)NO. The van der Waals surface area contributed by atoms with Crippen LogP contribution in [0.15, 0.2) is 24.3 Å². The highest BCUT2D eigenvalue weighted by Gasteiger charge is 2.23. The molecule has 6 nitrogen and oxygen atoms in total. The molecule has 0 bridgehead atoms. The molecule has 0 radical (unpaired) electrons. The fourth-order valence-corrected chi connectivity index (χ4v) is 1.59.